The highest BCUT2D eigenvalue weighted by atomic mass is 16.3. The molecule has 1 aromatic rings. The lowest BCUT2D eigenvalue weighted by Crippen LogP contribution is -2.40. The number of hydrogen-bond acceptors (Lipinski definition) is 3. The van der Waals surface area contributed by atoms with Gasteiger partial charge in [-0.3, -0.25) is 9.59 Å². The van der Waals surface area contributed by atoms with E-state index in [0.29, 0.717) is 17.7 Å². The lowest BCUT2D eigenvalue weighted by Gasteiger charge is -2.19. The first-order valence-corrected chi connectivity index (χ1v) is 5.56. The summed E-state index contributed by atoms with van der Waals surface area (Å²) in [6.45, 7) is 0.227. The molecule has 2 amide bonds. The maximum atomic E-state index is 12.2. The quantitative estimate of drug-likeness (QED) is 0.672. The molecule has 0 unspecified atom stereocenters. The number of fused-ring (bicyclic) bond motifs is 2. The maximum absolute atomic E-state index is 12.2. The van der Waals surface area contributed by atoms with E-state index in [-0.39, 0.29) is 18.4 Å². The third kappa shape index (κ3) is 1.51. The van der Waals surface area contributed by atoms with Crippen LogP contribution in [0.5, 0.6) is 0 Å². The van der Waals surface area contributed by atoms with E-state index < -0.39 is 12.1 Å². The van der Waals surface area contributed by atoms with Gasteiger partial charge in [0.25, 0.3) is 5.91 Å². The van der Waals surface area contributed by atoms with E-state index in [1.807, 2.05) is 0 Å². The second kappa shape index (κ2) is 3.56. The largest absolute Gasteiger partial charge is 0.391 e. The predicted molar refractivity (Wildman–Crippen MR) is 60.5 cm³/mol. The van der Waals surface area contributed by atoms with Crippen molar-refractivity contribution in [1.82, 2.24) is 4.90 Å². The van der Waals surface area contributed by atoms with E-state index >= 15 is 0 Å². The number of nitrogens with one attached hydrogen (secondary N) is 1. The molecule has 0 aromatic heterocycles. The Morgan fingerprint density at radius 1 is 1.29 bits per heavy atom. The molecule has 0 aliphatic carbocycles. The van der Waals surface area contributed by atoms with Crippen LogP contribution in [-0.4, -0.2) is 40.5 Å². The van der Waals surface area contributed by atoms with Crippen LogP contribution in [0.3, 0.4) is 0 Å². The van der Waals surface area contributed by atoms with Gasteiger partial charge in [-0.25, -0.2) is 0 Å². The van der Waals surface area contributed by atoms with E-state index in [1.165, 1.54) is 4.90 Å². The molecule has 5 nitrogen and oxygen atoms in total. The van der Waals surface area contributed by atoms with Gasteiger partial charge in [0.05, 0.1) is 17.4 Å². The van der Waals surface area contributed by atoms with Crippen LogP contribution >= 0.6 is 0 Å². The molecule has 1 aromatic carbocycles. The van der Waals surface area contributed by atoms with Gasteiger partial charge in [-0.15, -0.1) is 0 Å². The zero-order valence-electron chi connectivity index (χ0n) is 9.09. The molecule has 0 spiro atoms. The van der Waals surface area contributed by atoms with Crippen molar-refractivity contribution in [1.29, 1.82) is 0 Å². The molecule has 2 atom stereocenters. The van der Waals surface area contributed by atoms with Crippen LogP contribution in [0.25, 0.3) is 0 Å². The van der Waals surface area contributed by atoms with Crippen LogP contribution in [0.1, 0.15) is 16.8 Å². The van der Waals surface area contributed by atoms with Crippen molar-refractivity contribution in [3.63, 3.8) is 0 Å². The average molecular weight is 232 g/mol. The summed E-state index contributed by atoms with van der Waals surface area (Å²) in [4.78, 5) is 25.6. The number of para-hydroxylation sites is 1. The summed E-state index contributed by atoms with van der Waals surface area (Å²) in [5.41, 5.74) is 1.03. The minimum atomic E-state index is -0.611. The summed E-state index contributed by atoms with van der Waals surface area (Å²) in [6, 6.07) is 6.38. The van der Waals surface area contributed by atoms with E-state index in [1.54, 1.807) is 24.3 Å². The molecule has 88 valence electrons. The van der Waals surface area contributed by atoms with Crippen molar-refractivity contribution in [3.05, 3.63) is 29.8 Å². The maximum Gasteiger partial charge on any atom is 0.256 e. The van der Waals surface area contributed by atoms with Gasteiger partial charge in [-0.05, 0) is 12.1 Å². The Labute approximate surface area is 98.0 Å². The minimum Gasteiger partial charge on any atom is -0.391 e. The lowest BCUT2D eigenvalue weighted by molar-refractivity contribution is -0.119. The van der Waals surface area contributed by atoms with E-state index in [4.69, 9.17) is 0 Å². The minimum absolute atomic E-state index is 0.194. The highest BCUT2D eigenvalue weighted by Crippen LogP contribution is 2.28. The topological polar surface area (TPSA) is 69.6 Å². The molecule has 3 rings (SSSR count). The van der Waals surface area contributed by atoms with Gasteiger partial charge in [0.15, 0.2) is 0 Å². The SMILES string of the molecule is O=C1Nc2ccccc2C(=O)N2C[C@H](O)C[C@@H]12. The molecule has 2 heterocycles. The van der Waals surface area contributed by atoms with Crippen molar-refractivity contribution in [3.8, 4) is 0 Å². The Morgan fingerprint density at radius 2 is 2.06 bits per heavy atom. The molecule has 1 fully saturated rings. The molecule has 0 radical (unpaired) electrons. The molecule has 0 saturated carbocycles. The molecular formula is C12H12N2O3. The third-order valence-electron chi connectivity index (χ3n) is 3.26. The van der Waals surface area contributed by atoms with Crippen LogP contribution in [0.2, 0.25) is 0 Å². The van der Waals surface area contributed by atoms with E-state index in [2.05, 4.69) is 5.32 Å². The fraction of sp³-hybridized carbons (Fsp3) is 0.333. The monoisotopic (exact) mass is 232 g/mol. The molecular weight excluding hydrogens is 220 g/mol. The number of rotatable bonds is 0. The van der Waals surface area contributed by atoms with Gasteiger partial charge in [0, 0.05) is 13.0 Å². The number of anilines is 1. The Hall–Kier alpha value is -1.88. The Morgan fingerprint density at radius 3 is 2.88 bits per heavy atom. The summed E-state index contributed by atoms with van der Waals surface area (Å²) < 4.78 is 0. The number of benzene rings is 1. The summed E-state index contributed by atoms with van der Waals surface area (Å²) in [6.07, 6.45) is -0.300. The lowest BCUT2D eigenvalue weighted by atomic mass is 10.1. The van der Waals surface area contributed by atoms with E-state index in [9.17, 15) is 14.7 Å². The molecule has 17 heavy (non-hydrogen) atoms. The van der Waals surface area contributed by atoms with Gasteiger partial charge in [0.1, 0.15) is 6.04 Å². The highest BCUT2D eigenvalue weighted by Gasteiger charge is 2.41. The van der Waals surface area contributed by atoms with Crippen LogP contribution in [0.15, 0.2) is 24.3 Å². The van der Waals surface area contributed by atoms with Gasteiger partial charge in [-0.2, -0.15) is 0 Å². The van der Waals surface area contributed by atoms with Crippen molar-refractivity contribution in [2.45, 2.75) is 18.6 Å². The standard InChI is InChI=1S/C12H12N2O3/c15-7-5-10-11(16)13-9-4-2-1-3-8(9)12(17)14(10)6-7/h1-4,7,10,15H,5-6H2,(H,13,16)/t7-,10+/m1/s1. The zero-order valence-corrected chi connectivity index (χ0v) is 9.09. The molecule has 0 bridgehead atoms. The Kier molecular flexibility index (Phi) is 2.16. The predicted octanol–water partition coefficient (Wildman–Crippen LogP) is 0.214. The second-order valence-electron chi connectivity index (χ2n) is 4.40. The molecule has 2 aliphatic heterocycles. The van der Waals surface area contributed by atoms with Crippen LogP contribution < -0.4 is 5.32 Å². The molecule has 2 aliphatic rings. The van der Waals surface area contributed by atoms with Gasteiger partial charge < -0.3 is 15.3 Å². The summed E-state index contributed by atoms with van der Waals surface area (Å²) in [5, 5.41) is 12.3. The summed E-state index contributed by atoms with van der Waals surface area (Å²) >= 11 is 0. The number of nitrogens with zero attached hydrogens (tertiary/aromatic N) is 1. The Bertz CT molecular complexity index is 500. The number of aliphatic hydroxyl groups excluding tert-OH is 1. The zero-order chi connectivity index (χ0) is 12.0. The van der Waals surface area contributed by atoms with Gasteiger partial charge in [-0.1, -0.05) is 12.1 Å². The van der Waals surface area contributed by atoms with Crippen LogP contribution in [0, 0.1) is 0 Å². The Balaban J connectivity index is 2.08. The van der Waals surface area contributed by atoms with Crippen LogP contribution in [-0.2, 0) is 4.79 Å². The number of hydrogen-bond donors (Lipinski definition) is 2. The molecule has 1 saturated heterocycles. The summed E-state index contributed by atoms with van der Waals surface area (Å²) in [7, 11) is 0. The first kappa shape index (κ1) is 10.3. The molecule has 5 heteroatoms. The number of carbonyl (C=O) groups excluding carboxylic acids is 2. The summed E-state index contributed by atoms with van der Waals surface area (Å²) in [5.74, 6) is -0.416. The fourth-order valence-corrected chi connectivity index (χ4v) is 2.44. The van der Waals surface area contributed by atoms with Crippen molar-refractivity contribution in [2.24, 2.45) is 0 Å². The second-order valence-corrected chi connectivity index (χ2v) is 4.40. The normalized spacial score (nSPS) is 27.2. The highest BCUT2D eigenvalue weighted by molar-refractivity contribution is 6.10. The van der Waals surface area contributed by atoms with Crippen LogP contribution in [0.4, 0.5) is 5.69 Å². The average Bonchev–Trinajstić information content (AvgIpc) is 2.67. The first-order valence-electron chi connectivity index (χ1n) is 5.56. The fourth-order valence-electron chi connectivity index (χ4n) is 2.44. The first-order chi connectivity index (χ1) is 8.16. The number of carbonyl (C=O) groups is 2. The van der Waals surface area contributed by atoms with Gasteiger partial charge in [0.2, 0.25) is 5.91 Å². The van der Waals surface area contributed by atoms with Crippen molar-refractivity contribution >= 4 is 17.5 Å². The number of amides is 2. The molecule has 2 N–H and O–H groups in total. The number of aliphatic hydroxyl groups is 1. The smallest absolute Gasteiger partial charge is 0.256 e. The third-order valence-corrected chi connectivity index (χ3v) is 3.26. The van der Waals surface area contributed by atoms with Crippen molar-refractivity contribution < 1.29 is 14.7 Å². The van der Waals surface area contributed by atoms with E-state index in [0.717, 1.165) is 0 Å². The van der Waals surface area contributed by atoms with Gasteiger partial charge >= 0.3 is 0 Å². The van der Waals surface area contributed by atoms with Crippen molar-refractivity contribution in [2.75, 3.05) is 11.9 Å².